The van der Waals surface area contributed by atoms with Gasteiger partial charge in [-0.15, -0.1) is 0 Å². The van der Waals surface area contributed by atoms with E-state index in [2.05, 4.69) is 4.98 Å². The maximum atomic E-state index is 11.8. The van der Waals surface area contributed by atoms with Gasteiger partial charge in [-0.1, -0.05) is 6.07 Å². The summed E-state index contributed by atoms with van der Waals surface area (Å²) in [5, 5.41) is 18.7. The molecule has 1 aliphatic rings. The molecule has 0 saturated carbocycles. The molecule has 2 atom stereocenters. The van der Waals surface area contributed by atoms with E-state index in [4.69, 9.17) is 0 Å². The largest absolute Gasteiger partial charge is 0.388 e. The fraction of sp³-hybridized carbons (Fsp3) is 0.500. The Morgan fingerprint density at radius 3 is 2.71 bits per heavy atom. The SMILES string of the molecule is O=C(CCc1cccnc1)N1C[C@@H](O)[C@@H](O)C1. The monoisotopic (exact) mass is 236 g/mol. The predicted molar refractivity (Wildman–Crippen MR) is 61.2 cm³/mol. The van der Waals surface area contributed by atoms with Gasteiger partial charge in [0.1, 0.15) is 0 Å². The van der Waals surface area contributed by atoms with E-state index in [0.717, 1.165) is 5.56 Å². The molecule has 1 aromatic rings. The van der Waals surface area contributed by atoms with Crippen LogP contribution in [0.2, 0.25) is 0 Å². The van der Waals surface area contributed by atoms with Crippen LogP contribution < -0.4 is 0 Å². The molecule has 0 spiro atoms. The van der Waals surface area contributed by atoms with Crippen LogP contribution in [0.25, 0.3) is 0 Å². The zero-order valence-corrected chi connectivity index (χ0v) is 9.49. The van der Waals surface area contributed by atoms with Crippen LogP contribution in [0.15, 0.2) is 24.5 Å². The first-order chi connectivity index (χ1) is 8.16. The highest BCUT2D eigenvalue weighted by Crippen LogP contribution is 2.12. The van der Waals surface area contributed by atoms with Crippen molar-refractivity contribution >= 4 is 5.91 Å². The normalized spacial score (nSPS) is 24.0. The molecule has 1 aliphatic heterocycles. The lowest BCUT2D eigenvalue weighted by atomic mass is 10.1. The number of hydrogen-bond acceptors (Lipinski definition) is 4. The number of aryl methyl sites for hydroxylation is 1. The third-order valence-corrected chi connectivity index (χ3v) is 2.96. The van der Waals surface area contributed by atoms with E-state index >= 15 is 0 Å². The lowest BCUT2D eigenvalue weighted by molar-refractivity contribution is -0.130. The van der Waals surface area contributed by atoms with Crippen molar-refractivity contribution in [3.63, 3.8) is 0 Å². The number of pyridine rings is 1. The van der Waals surface area contributed by atoms with Crippen LogP contribution in [0.1, 0.15) is 12.0 Å². The van der Waals surface area contributed by atoms with Gasteiger partial charge in [-0.05, 0) is 18.1 Å². The van der Waals surface area contributed by atoms with Gasteiger partial charge in [0.05, 0.1) is 12.2 Å². The number of hydrogen-bond donors (Lipinski definition) is 2. The number of carbonyl (C=O) groups is 1. The van der Waals surface area contributed by atoms with Crippen LogP contribution in [-0.4, -0.2) is 51.3 Å². The number of aliphatic hydroxyl groups excluding tert-OH is 2. The molecule has 5 heteroatoms. The fourth-order valence-corrected chi connectivity index (χ4v) is 1.93. The topological polar surface area (TPSA) is 73.7 Å². The standard InChI is InChI=1S/C12H16N2O3/c15-10-7-14(8-11(10)16)12(17)4-3-9-2-1-5-13-6-9/h1-2,5-6,10-11,15-16H,3-4,7-8H2/t10-,11+. The lowest BCUT2D eigenvalue weighted by Gasteiger charge is -2.14. The van der Waals surface area contributed by atoms with E-state index < -0.39 is 12.2 Å². The Morgan fingerprint density at radius 1 is 1.41 bits per heavy atom. The van der Waals surface area contributed by atoms with Gasteiger partial charge in [-0.3, -0.25) is 9.78 Å². The van der Waals surface area contributed by atoms with E-state index in [0.29, 0.717) is 12.8 Å². The number of aromatic nitrogens is 1. The zero-order chi connectivity index (χ0) is 12.3. The molecule has 0 bridgehead atoms. The number of rotatable bonds is 3. The van der Waals surface area contributed by atoms with Crippen molar-refractivity contribution in [3.05, 3.63) is 30.1 Å². The maximum absolute atomic E-state index is 11.8. The second-order valence-electron chi connectivity index (χ2n) is 4.29. The molecule has 0 radical (unpaired) electrons. The highest BCUT2D eigenvalue weighted by Gasteiger charge is 2.31. The van der Waals surface area contributed by atoms with Gasteiger partial charge >= 0.3 is 0 Å². The molecule has 92 valence electrons. The Morgan fingerprint density at radius 2 is 2.12 bits per heavy atom. The van der Waals surface area contributed by atoms with Crippen molar-refractivity contribution in [2.45, 2.75) is 25.0 Å². The molecule has 17 heavy (non-hydrogen) atoms. The molecule has 1 aromatic heterocycles. The first-order valence-electron chi connectivity index (χ1n) is 5.69. The summed E-state index contributed by atoms with van der Waals surface area (Å²) < 4.78 is 0. The van der Waals surface area contributed by atoms with Crippen LogP contribution in [0.4, 0.5) is 0 Å². The molecule has 2 rings (SSSR count). The van der Waals surface area contributed by atoms with Crippen molar-refractivity contribution < 1.29 is 15.0 Å². The quantitative estimate of drug-likeness (QED) is 0.747. The minimum atomic E-state index is -0.808. The van der Waals surface area contributed by atoms with Crippen molar-refractivity contribution in [2.24, 2.45) is 0 Å². The Bertz CT molecular complexity index is 373. The third kappa shape index (κ3) is 3.01. The lowest BCUT2D eigenvalue weighted by Crippen LogP contribution is -2.29. The van der Waals surface area contributed by atoms with E-state index in [1.807, 2.05) is 12.1 Å². The Hall–Kier alpha value is -1.46. The number of carbonyl (C=O) groups excluding carboxylic acids is 1. The molecule has 0 unspecified atom stereocenters. The van der Waals surface area contributed by atoms with Crippen molar-refractivity contribution in [1.29, 1.82) is 0 Å². The summed E-state index contributed by atoms with van der Waals surface area (Å²) in [5.41, 5.74) is 1.01. The molecule has 1 amide bonds. The summed E-state index contributed by atoms with van der Waals surface area (Å²) in [7, 11) is 0. The summed E-state index contributed by atoms with van der Waals surface area (Å²) in [5.74, 6) is -0.0375. The summed E-state index contributed by atoms with van der Waals surface area (Å²) in [4.78, 5) is 17.3. The van der Waals surface area contributed by atoms with Gasteiger partial charge < -0.3 is 15.1 Å². The fourth-order valence-electron chi connectivity index (χ4n) is 1.93. The van der Waals surface area contributed by atoms with E-state index in [1.54, 1.807) is 12.4 Å². The van der Waals surface area contributed by atoms with E-state index in [1.165, 1.54) is 4.90 Å². The van der Waals surface area contributed by atoms with Crippen LogP contribution in [0.5, 0.6) is 0 Å². The molecule has 0 aliphatic carbocycles. The van der Waals surface area contributed by atoms with Crippen LogP contribution in [-0.2, 0) is 11.2 Å². The molecule has 1 fully saturated rings. The molecule has 0 aromatic carbocycles. The van der Waals surface area contributed by atoms with Crippen LogP contribution in [0.3, 0.4) is 0 Å². The van der Waals surface area contributed by atoms with Crippen LogP contribution in [0, 0.1) is 0 Å². The minimum absolute atomic E-state index is 0.0375. The third-order valence-electron chi connectivity index (χ3n) is 2.96. The van der Waals surface area contributed by atoms with Gasteiger partial charge in [-0.25, -0.2) is 0 Å². The second-order valence-corrected chi connectivity index (χ2v) is 4.29. The average Bonchev–Trinajstić information content (AvgIpc) is 2.68. The van der Waals surface area contributed by atoms with E-state index in [9.17, 15) is 15.0 Å². The number of amides is 1. The molecular weight excluding hydrogens is 220 g/mol. The van der Waals surface area contributed by atoms with E-state index in [-0.39, 0.29) is 19.0 Å². The van der Waals surface area contributed by atoms with Gasteiger partial charge in [0, 0.05) is 31.9 Å². The van der Waals surface area contributed by atoms with Gasteiger partial charge in [-0.2, -0.15) is 0 Å². The van der Waals surface area contributed by atoms with Crippen LogP contribution >= 0.6 is 0 Å². The molecule has 1 saturated heterocycles. The number of nitrogens with zero attached hydrogens (tertiary/aromatic N) is 2. The molecular formula is C12H16N2O3. The first kappa shape index (κ1) is 12.0. The summed E-state index contributed by atoms with van der Waals surface area (Å²) in [6, 6.07) is 3.76. The van der Waals surface area contributed by atoms with Gasteiger partial charge in [0.2, 0.25) is 5.91 Å². The average molecular weight is 236 g/mol. The van der Waals surface area contributed by atoms with Crippen molar-refractivity contribution in [3.8, 4) is 0 Å². The number of aliphatic hydroxyl groups is 2. The number of β-amino-alcohol motifs (C(OH)–C–C–N with tert-alkyl or cyclic N) is 2. The molecule has 5 nitrogen and oxygen atoms in total. The smallest absolute Gasteiger partial charge is 0.223 e. The Balaban J connectivity index is 1.82. The predicted octanol–water partition coefficient (Wildman–Crippen LogP) is -0.422. The van der Waals surface area contributed by atoms with Gasteiger partial charge in [0.15, 0.2) is 0 Å². The maximum Gasteiger partial charge on any atom is 0.223 e. The van der Waals surface area contributed by atoms with Crippen molar-refractivity contribution in [1.82, 2.24) is 9.88 Å². The van der Waals surface area contributed by atoms with Crippen molar-refractivity contribution in [2.75, 3.05) is 13.1 Å². The summed E-state index contributed by atoms with van der Waals surface area (Å²) in [6.07, 6.45) is 2.83. The minimum Gasteiger partial charge on any atom is -0.388 e. The highest BCUT2D eigenvalue weighted by molar-refractivity contribution is 5.76. The highest BCUT2D eigenvalue weighted by atomic mass is 16.3. The molecule has 2 N–H and O–H groups in total. The zero-order valence-electron chi connectivity index (χ0n) is 9.49. The summed E-state index contributed by atoms with van der Waals surface area (Å²) in [6.45, 7) is 0.458. The Labute approximate surface area is 99.7 Å². The number of likely N-dealkylation sites (tertiary alicyclic amines) is 1. The second kappa shape index (κ2) is 5.25. The van der Waals surface area contributed by atoms with Gasteiger partial charge in [0.25, 0.3) is 0 Å². The Kier molecular flexibility index (Phi) is 3.71. The summed E-state index contributed by atoms with van der Waals surface area (Å²) >= 11 is 0. The molecule has 2 heterocycles. The first-order valence-corrected chi connectivity index (χ1v) is 5.69.